The number of benzene rings is 1. The number of rotatable bonds is 7. The Morgan fingerprint density at radius 2 is 2.04 bits per heavy atom. The van der Waals surface area contributed by atoms with E-state index in [0.29, 0.717) is 16.5 Å². The molecular formula is C17H18N2O5S2. The molecule has 0 amide bonds. The molecule has 0 saturated carbocycles. The van der Waals surface area contributed by atoms with Gasteiger partial charge in [0.2, 0.25) is 10.0 Å². The van der Waals surface area contributed by atoms with Crippen LogP contribution in [0.25, 0.3) is 10.8 Å². The van der Waals surface area contributed by atoms with E-state index in [1.54, 1.807) is 24.5 Å². The zero-order valence-corrected chi connectivity index (χ0v) is 16.1. The zero-order chi connectivity index (χ0) is 18.7. The number of aromatic nitrogens is 1. The van der Waals surface area contributed by atoms with Crippen molar-refractivity contribution in [1.29, 1.82) is 0 Å². The third kappa shape index (κ3) is 3.74. The van der Waals surface area contributed by atoms with E-state index in [1.807, 2.05) is 13.0 Å². The Labute approximate surface area is 155 Å². The molecule has 1 aromatic carbocycles. The second-order valence-electron chi connectivity index (χ2n) is 5.35. The third-order valence-corrected chi connectivity index (χ3v) is 6.30. The highest BCUT2D eigenvalue weighted by molar-refractivity contribution is 7.89. The minimum atomic E-state index is -3.79. The van der Waals surface area contributed by atoms with Crippen LogP contribution in [0.4, 0.5) is 0 Å². The van der Waals surface area contributed by atoms with Crippen LogP contribution in [0.3, 0.4) is 0 Å². The molecule has 26 heavy (non-hydrogen) atoms. The van der Waals surface area contributed by atoms with Gasteiger partial charge in [0.15, 0.2) is 10.8 Å². The van der Waals surface area contributed by atoms with Gasteiger partial charge >= 0.3 is 0 Å². The summed E-state index contributed by atoms with van der Waals surface area (Å²) in [6, 6.07) is 8.22. The van der Waals surface area contributed by atoms with Crippen molar-refractivity contribution in [3.05, 3.63) is 47.2 Å². The van der Waals surface area contributed by atoms with E-state index in [-0.39, 0.29) is 17.2 Å². The van der Waals surface area contributed by atoms with E-state index in [4.69, 9.17) is 13.9 Å². The van der Waals surface area contributed by atoms with E-state index in [2.05, 4.69) is 9.71 Å². The van der Waals surface area contributed by atoms with E-state index < -0.39 is 10.0 Å². The van der Waals surface area contributed by atoms with Crippen molar-refractivity contribution in [2.75, 3.05) is 14.2 Å². The Bertz CT molecular complexity index is 994. The summed E-state index contributed by atoms with van der Waals surface area (Å²) in [6.45, 7) is 1.95. The summed E-state index contributed by atoms with van der Waals surface area (Å²) in [6.07, 6.45) is 1.57. The number of methoxy groups -OCH3 is 2. The molecule has 138 valence electrons. The predicted molar refractivity (Wildman–Crippen MR) is 98.1 cm³/mol. The lowest BCUT2D eigenvalue weighted by atomic mass is 10.3. The third-order valence-electron chi connectivity index (χ3n) is 3.71. The number of hydrogen-bond acceptors (Lipinski definition) is 7. The first-order chi connectivity index (χ1) is 12.4. The largest absolute Gasteiger partial charge is 0.497 e. The van der Waals surface area contributed by atoms with Crippen molar-refractivity contribution < 1.29 is 22.3 Å². The molecule has 0 spiro atoms. The monoisotopic (exact) mass is 394 g/mol. The highest BCUT2D eigenvalue weighted by Crippen LogP contribution is 2.30. The minimum Gasteiger partial charge on any atom is -0.497 e. The van der Waals surface area contributed by atoms with Crippen LogP contribution in [0.15, 0.2) is 45.9 Å². The van der Waals surface area contributed by atoms with Crippen LogP contribution in [-0.2, 0) is 16.6 Å². The first-order valence-electron chi connectivity index (χ1n) is 7.66. The zero-order valence-electron chi connectivity index (χ0n) is 14.5. The summed E-state index contributed by atoms with van der Waals surface area (Å²) >= 11 is 1.38. The van der Waals surface area contributed by atoms with Crippen LogP contribution >= 0.6 is 11.3 Å². The topological polar surface area (TPSA) is 90.7 Å². The number of nitrogens with zero attached hydrogens (tertiary/aromatic N) is 1. The first kappa shape index (κ1) is 18.4. The van der Waals surface area contributed by atoms with Crippen molar-refractivity contribution in [2.24, 2.45) is 0 Å². The minimum absolute atomic E-state index is 0.0211. The maximum absolute atomic E-state index is 12.7. The van der Waals surface area contributed by atoms with Crippen LogP contribution in [0.2, 0.25) is 0 Å². The van der Waals surface area contributed by atoms with Gasteiger partial charge in [0.1, 0.15) is 16.4 Å². The molecule has 0 atom stereocenters. The predicted octanol–water partition coefficient (Wildman–Crippen LogP) is 3.21. The SMILES string of the molecule is COc1ccc(OC)c(S(=O)(=O)NCc2sc(-c3ccco3)nc2C)c1. The molecule has 0 fully saturated rings. The van der Waals surface area contributed by atoms with Crippen molar-refractivity contribution in [2.45, 2.75) is 18.4 Å². The Hall–Kier alpha value is -2.36. The number of aryl methyl sites for hydroxylation is 1. The van der Waals surface area contributed by atoms with Gasteiger partial charge in [0.05, 0.1) is 26.2 Å². The van der Waals surface area contributed by atoms with Crippen molar-refractivity contribution in [3.63, 3.8) is 0 Å². The fourth-order valence-corrected chi connectivity index (χ4v) is 4.57. The maximum Gasteiger partial charge on any atom is 0.244 e. The van der Waals surface area contributed by atoms with Gasteiger partial charge in [-0.3, -0.25) is 0 Å². The number of thiazole rings is 1. The molecule has 2 heterocycles. The highest BCUT2D eigenvalue weighted by Gasteiger charge is 2.21. The van der Waals surface area contributed by atoms with Gasteiger partial charge in [-0.05, 0) is 31.2 Å². The molecule has 0 unspecified atom stereocenters. The molecule has 3 aromatic rings. The molecular weight excluding hydrogens is 376 g/mol. The van der Waals surface area contributed by atoms with Crippen molar-refractivity contribution in [1.82, 2.24) is 9.71 Å². The number of hydrogen-bond donors (Lipinski definition) is 1. The standard InChI is InChI=1S/C17H18N2O5S2/c1-11-15(25-17(19-11)14-5-4-8-24-14)10-18-26(20,21)16-9-12(22-2)6-7-13(16)23-3/h4-9,18H,10H2,1-3H3. The summed E-state index contributed by atoms with van der Waals surface area (Å²) in [5.74, 6) is 1.33. The van der Waals surface area contributed by atoms with Crippen LogP contribution < -0.4 is 14.2 Å². The molecule has 3 rings (SSSR count). The fraction of sp³-hybridized carbons (Fsp3) is 0.235. The maximum atomic E-state index is 12.7. The average molecular weight is 394 g/mol. The van der Waals surface area contributed by atoms with Gasteiger partial charge < -0.3 is 13.9 Å². The van der Waals surface area contributed by atoms with Gasteiger partial charge in [-0.2, -0.15) is 0 Å². The van der Waals surface area contributed by atoms with Gasteiger partial charge in [-0.15, -0.1) is 11.3 Å². The van der Waals surface area contributed by atoms with Gasteiger partial charge in [-0.1, -0.05) is 0 Å². The molecule has 0 bridgehead atoms. The average Bonchev–Trinajstić information content (AvgIpc) is 3.29. The molecule has 0 aliphatic carbocycles. The van der Waals surface area contributed by atoms with Crippen LogP contribution in [0.5, 0.6) is 11.5 Å². The van der Waals surface area contributed by atoms with Gasteiger partial charge in [0, 0.05) is 17.5 Å². The smallest absolute Gasteiger partial charge is 0.244 e. The van der Waals surface area contributed by atoms with E-state index in [1.165, 1.54) is 31.6 Å². The van der Waals surface area contributed by atoms with Crippen LogP contribution in [0.1, 0.15) is 10.6 Å². The summed E-state index contributed by atoms with van der Waals surface area (Å²) in [5.41, 5.74) is 0.752. The Morgan fingerprint density at radius 3 is 2.69 bits per heavy atom. The van der Waals surface area contributed by atoms with E-state index >= 15 is 0 Å². The lowest BCUT2D eigenvalue weighted by molar-refractivity contribution is 0.392. The fourth-order valence-electron chi connectivity index (χ4n) is 2.33. The molecule has 2 aromatic heterocycles. The number of nitrogens with one attached hydrogen (secondary N) is 1. The summed E-state index contributed by atoms with van der Waals surface area (Å²) in [4.78, 5) is 5.26. The van der Waals surface area contributed by atoms with Gasteiger partial charge in [0.25, 0.3) is 0 Å². The van der Waals surface area contributed by atoms with Crippen LogP contribution in [0, 0.1) is 6.92 Å². The molecule has 0 radical (unpaired) electrons. The quantitative estimate of drug-likeness (QED) is 0.662. The number of furan rings is 1. The van der Waals surface area contributed by atoms with E-state index in [0.717, 1.165) is 10.6 Å². The summed E-state index contributed by atoms with van der Waals surface area (Å²) in [7, 11) is -0.900. The number of sulfonamides is 1. The molecule has 9 heteroatoms. The molecule has 0 saturated heterocycles. The first-order valence-corrected chi connectivity index (χ1v) is 9.96. The lowest BCUT2D eigenvalue weighted by Crippen LogP contribution is -2.23. The van der Waals surface area contributed by atoms with Gasteiger partial charge in [-0.25, -0.2) is 18.1 Å². The Kier molecular flexibility index (Phi) is 5.30. The Morgan fingerprint density at radius 1 is 1.23 bits per heavy atom. The molecule has 1 N–H and O–H groups in total. The summed E-state index contributed by atoms with van der Waals surface area (Å²) in [5, 5.41) is 0.709. The molecule has 7 nitrogen and oxygen atoms in total. The second-order valence-corrected chi connectivity index (χ2v) is 8.17. The lowest BCUT2D eigenvalue weighted by Gasteiger charge is -2.11. The normalized spacial score (nSPS) is 11.5. The Balaban J connectivity index is 1.83. The van der Waals surface area contributed by atoms with Crippen LogP contribution in [-0.4, -0.2) is 27.6 Å². The second kappa shape index (κ2) is 7.48. The number of ether oxygens (including phenoxy) is 2. The van der Waals surface area contributed by atoms with E-state index in [9.17, 15) is 8.42 Å². The molecule has 0 aliphatic rings. The molecule has 0 aliphatic heterocycles. The van der Waals surface area contributed by atoms with Crippen molar-refractivity contribution in [3.8, 4) is 22.3 Å². The summed E-state index contributed by atoms with van der Waals surface area (Å²) < 4.78 is 43.6. The highest BCUT2D eigenvalue weighted by atomic mass is 32.2. The van der Waals surface area contributed by atoms with Crippen molar-refractivity contribution >= 4 is 21.4 Å².